The molecular weight excluding hydrogens is 299 g/mol. The number of benzene rings is 1. The number of nitrogens with one attached hydrogen (secondary N) is 1. The van der Waals surface area contributed by atoms with Crippen LogP contribution in [-0.4, -0.2) is 24.3 Å². The van der Waals surface area contributed by atoms with E-state index in [9.17, 15) is 17.6 Å². The molecular formula is C12H11FN4O3S. The van der Waals surface area contributed by atoms with E-state index in [1.165, 1.54) is 12.4 Å². The Morgan fingerprint density at radius 3 is 2.52 bits per heavy atom. The van der Waals surface area contributed by atoms with Gasteiger partial charge in [-0.2, -0.15) is 0 Å². The minimum absolute atomic E-state index is 0.00974. The molecule has 2 rings (SSSR count). The average Bonchev–Trinajstić information content (AvgIpc) is 2.40. The smallest absolute Gasteiger partial charge is 0.275 e. The predicted molar refractivity (Wildman–Crippen MR) is 72.5 cm³/mol. The molecule has 2 aromatic rings. The maximum absolute atomic E-state index is 13.7. The highest BCUT2D eigenvalue weighted by molar-refractivity contribution is 7.89. The van der Waals surface area contributed by atoms with E-state index in [1.807, 2.05) is 0 Å². The number of hydrogen-bond donors (Lipinski definition) is 2. The van der Waals surface area contributed by atoms with Gasteiger partial charge in [0, 0.05) is 6.20 Å². The molecule has 0 aliphatic carbocycles. The van der Waals surface area contributed by atoms with Crippen molar-refractivity contribution >= 4 is 21.6 Å². The minimum Gasteiger partial charge on any atom is -0.318 e. The molecule has 0 spiro atoms. The number of nitrogens with zero attached hydrogens (tertiary/aromatic N) is 2. The SMILES string of the molecule is Cc1cnc(C(=O)Nc2ccc(S(N)(=O)=O)cc2F)cn1. The summed E-state index contributed by atoms with van der Waals surface area (Å²) in [5, 5.41) is 7.15. The van der Waals surface area contributed by atoms with Gasteiger partial charge in [0.25, 0.3) is 5.91 Å². The minimum atomic E-state index is -4.00. The van der Waals surface area contributed by atoms with Crippen molar-refractivity contribution in [3.63, 3.8) is 0 Å². The molecule has 21 heavy (non-hydrogen) atoms. The number of sulfonamides is 1. The zero-order valence-electron chi connectivity index (χ0n) is 10.9. The number of halogens is 1. The molecule has 0 saturated heterocycles. The van der Waals surface area contributed by atoms with Crippen LogP contribution >= 0.6 is 0 Å². The standard InChI is InChI=1S/C12H11FN4O3S/c1-7-5-16-11(6-15-7)12(18)17-10-3-2-8(4-9(10)13)21(14,19)20/h2-6H,1H3,(H,17,18)(H2,14,19,20). The number of amides is 1. The first-order chi connectivity index (χ1) is 9.77. The molecule has 3 N–H and O–H groups in total. The number of anilines is 1. The van der Waals surface area contributed by atoms with E-state index in [2.05, 4.69) is 15.3 Å². The second kappa shape index (κ2) is 5.54. The van der Waals surface area contributed by atoms with E-state index in [0.717, 1.165) is 18.2 Å². The summed E-state index contributed by atoms with van der Waals surface area (Å²) in [6.45, 7) is 1.71. The molecule has 9 heteroatoms. The second-order valence-electron chi connectivity index (χ2n) is 4.18. The van der Waals surface area contributed by atoms with Gasteiger partial charge in [-0.15, -0.1) is 0 Å². The molecule has 0 saturated carbocycles. The average molecular weight is 310 g/mol. The third-order valence-corrected chi connectivity index (χ3v) is 3.44. The van der Waals surface area contributed by atoms with Crippen molar-refractivity contribution in [3.8, 4) is 0 Å². The van der Waals surface area contributed by atoms with Crippen LogP contribution in [0.4, 0.5) is 10.1 Å². The Morgan fingerprint density at radius 1 is 1.29 bits per heavy atom. The Bertz CT molecular complexity index is 791. The summed E-state index contributed by atoms with van der Waals surface area (Å²) in [7, 11) is -4.00. The largest absolute Gasteiger partial charge is 0.318 e. The lowest BCUT2D eigenvalue weighted by molar-refractivity contribution is 0.102. The fourth-order valence-corrected chi connectivity index (χ4v) is 2.00. The van der Waals surface area contributed by atoms with E-state index in [-0.39, 0.29) is 16.3 Å². The van der Waals surface area contributed by atoms with Crippen LogP contribution in [0.15, 0.2) is 35.5 Å². The van der Waals surface area contributed by atoms with Gasteiger partial charge in [-0.1, -0.05) is 0 Å². The first kappa shape index (κ1) is 15.0. The monoisotopic (exact) mass is 310 g/mol. The predicted octanol–water partition coefficient (Wildman–Crippen LogP) is 0.824. The quantitative estimate of drug-likeness (QED) is 0.871. The van der Waals surface area contributed by atoms with Gasteiger partial charge < -0.3 is 5.32 Å². The molecule has 0 aliphatic rings. The summed E-state index contributed by atoms with van der Waals surface area (Å²) in [5.41, 5.74) is 0.459. The number of aromatic nitrogens is 2. The Kier molecular flexibility index (Phi) is 3.96. The van der Waals surface area contributed by atoms with Gasteiger partial charge in [-0.25, -0.2) is 22.9 Å². The van der Waals surface area contributed by atoms with E-state index in [0.29, 0.717) is 5.69 Å². The Balaban J connectivity index is 2.24. The molecule has 1 aromatic heterocycles. The third kappa shape index (κ3) is 3.58. The number of aryl methyl sites for hydroxylation is 1. The lowest BCUT2D eigenvalue weighted by atomic mass is 10.3. The first-order valence-corrected chi connectivity index (χ1v) is 7.24. The van der Waals surface area contributed by atoms with Gasteiger partial charge in [-0.05, 0) is 25.1 Å². The molecule has 0 atom stereocenters. The van der Waals surface area contributed by atoms with E-state index < -0.39 is 21.7 Å². The van der Waals surface area contributed by atoms with Crippen LogP contribution < -0.4 is 10.5 Å². The maximum atomic E-state index is 13.7. The number of nitrogens with two attached hydrogens (primary N) is 1. The van der Waals surface area contributed by atoms with Crippen molar-refractivity contribution < 1.29 is 17.6 Å². The zero-order valence-corrected chi connectivity index (χ0v) is 11.7. The van der Waals surface area contributed by atoms with Crippen molar-refractivity contribution in [1.82, 2.24) is 9.97 Å². The van der Waals surface area contributed by atoms with Gasteiger partial charge >= 0.3 is 0 Å². The molecule has 110 valence electrons. The van der Waals surface area contributed by atoms with Gasteiger partial charge in [0.2, 0.25) is 10.0 Å². The summed E-state index contributed by atoms with van der Waals surface area (Å²) >= 11 is 0. The van der Waals surface area contributed by atoms with Crippen LogP contribution in [0.5, 0.6) is 0 Å². The fourth-order valence-electron chi connectivity index (χ4n) is 1.47. The van der Waals surface area contributed by atoms with Crippen molar-refractivity contribution in [2.75, 3.05) is 5.32 Å². The van der Waals surface area contributed by atoms with Gasteiger partial charge in [0.05, 0.1) is 22.5 Å². The molecule has 1 heterocycles. The van der Waals surface area contributed by atoms with Crippen LogP contribution in [0, 0.1) is 12.7 Å². The van der Waals surface area contributed by atoms with Crippen LogP contribution in [0.3, 0.4) is 0 Å². The maximum Gasteiger partial charge on any atom is 0.275 e. The van der Waals surface area contributed by atoms with E-state index >= 15 is 0 Å². The van der Waals surface area contributed by atoms with E-state index in [1.54, 1.807) is 6.92 Å². The molecule has 0 aliphatic heterocycles. The summed E-state index contributed by atoms with van der Waals surface area (Å²) < 4.78 is 35.9. The topological polar surface area (TPSA) is 115 Å². The fraction of sp³-hybridized carbons (Fsp3) is 0.0833. The van der Waals surface area contributed by atoms with Gasteiger partial charge in [0.15, 0.2) is 0 Å². The molecule has 0 radical (unpaired) electrons. The van der Waals surface area contributed by atoms with Crippen molar-refractivity contribution in [2.45, 2.75) is 11.8 Å². The Hall–Kier alpha value is -2.39. The highest BCUT2D eigenvalue weighted by Crippen LogP contribution is 2.18. The van der Waals surface area contributed by atoms with Crippen LogP contribution in [0.25, 0.3) is 0 Å². The summed E-state index contributed by atoms with van der Waals surface area (Å²) in [5.74, 6) is -1.58. The highest BCUT2D eigenvalue weighted by atomic mass is 32.2. The van der Waals surface area contributed by atoms with Crippen molar-refractivity contribution in [2.24, 2.45) is 5.14 Å². The molecule has 0 fully saturated rings. The first-order valence-electron chi connectivity index (χ1n) is 5.70. The van der Waals surface area contributed by atoms with Gasteiger partial charge in [-0.3, -0.25) is 9.78 Å². The normalized spacial score (nSPS) is 11.2. The number of hydrogen-bond acceptors (Lipinski definition) is 5. The number of carbonyl (C=O) groups is 1. The van der Waals surface area contributed by atoms with Crippen molar-refractivity contribution in [1.29, 1.82) is 0 Å². The number of primary sulfonamides is 1. The van der Waals surface area contributed by atoms with Crippen LogP contribution in [-0.2, 0) is 10.0 Å². The Morgan fingerprint density at radius 2 is 2.00 bits per heavy atom. The lowest BCUT2D eigenvalue weighted by Crippen LogP contribution is -2.16. The zero-order chi connectivity index (χ0) is 15.6. The lowest BCUT2D eigenvalue weighted by Gasteiger charge is -2.07. The molecule has 1 amide bonds. The second-order valence-corrected chi connectivity index (χ2v) is 5.75. The molecule has 1 aromatic carbocycles. The van der Waals surface area contributed by atoms with Crippen LogP contribution in [0.1, 0.15) is 16.2 Å². The van der Waals surface area contributed by atoms with E-state index in [4.69, 9.17) is 5.14 Å². The Labute approximate surface area is 120 Å². The van der Waals surface area contributed by atoms with Crippen molar-refractivity contribution in [3.05, 3.63) is 47.8 Å². The summed E-state index contributed by atoms with van der Waals surface area (Å²) in [4.78, 5) is 19.2. The molecule has 0 bridgehead atoms. The molecule has 7 nitrogen and oxygen atoms in total. The third-order valence-electron chi connectivity index (χ3n) is 2.53. The van der Waals surface area contributed by atoms with Crippen LogP contribution in [0.2, 0.25) is 0 Å². The molecule has 0 unspecified atom stereocenters. The number of rotatable bonds is 3. The number of carbonyl (C=O) groups excluding carboxylic acids is 1. The highest BCUT2D eigenvalue weighted by Gasteiger charge is 2.14. The summed E-state index contributed by atoms with van der Waals surface area (Å²) in [6, 6.07) is 2.93. The van der Waals surface area contributed by atoms with Gasteiger partial charge in [0.1, 0.15) is 11.5 Å². The summed E-state index contributed by atoms with van der Waals surface area (Å²) in [6.07, 6.45) is 2.65.